The van der Waals surface area contributed by atoms with Gasteiger partial charge in [0.15, 0.2) is 0 Å². The fourth-order valence-corrected chi connectivity index (χ4v) is 38.1. The molecule has 12 aliphatic rings. The average molecular weight is 1570 g/mol. The Hall–Kier alpha value is -13.3. The van der Waals surface area contributed by atoms with Crippen LogP contribution in [0.25, 0.3) is 110 Å². The second-order valence-electron chi connectivity index (χ2n) is 37.7. The van der Waals surface area contributed by atoms with E-state index in [4.69, 9.17) is 0 Å². The van der Waals surface area contributed by atoms with Crippen LogP contribution in [0.5, 0.6) is 0 Å². The van der Waals surface area contributed by atoms with E-state index in [9.17, 15) is 0 Å². The van der Waals surface area contributed by atoms with E-state index < -0.39 is 6.39 Å². The quantitative estimate of drug-likeness (QED) is 0.139. The molecule has 0 spiro atoms. The predicted molar refractivity (Wildman–Crippen MR) is 535 cm³/mol. The van der Waals surface area contributed by atoms with E-state index in [1.165, 1.54) is 226 Å². The van der Waals surface area contributed by atoms with E-state index in [2.05, 4.69) is 390 Å². The minimum atomic E-state index is -2.01. The first-order valence-electron chi connectivity index (χ1n) is 44.9. The standard InChI is InChI=1S/C31H23B5N2P.3C26H18BN/c1-2-9-21(10-3-1)37-39(34-32-35(39)36(34)39)29-16-8-13-25-24(29)19-20-17-18-23-22-11-4-6-14-27(22)38-28-15-7-5-12-26(28)33(25)30(20)31(23)38;1-16-7-6-8-17-15-18-13-14-20-19-9-2-4-11-22(19)28-23-12-5-3-10-21(23)27(24(16)17)25(18)26(20)28;1-16-10-13-21-18(14-16)15-17-11-12-20-19-6-2-4-8-23(19)28-24-9-5-3-7-22(24)27(21)25(17)26(20)28;1-16-10-11-17-15-18-12-13-20-19-6-2-4-8-23(19)28-24-9-5-3-7-21(24)27(22(17)14-16)25(18)26(20)28/h1-18,37H,19,32H2;3*2-14H,15H2,1H3/q-1;;;. The van der Waals surface area contributed by atoms with E-state index in [-0.39, 0.29) is 7.06 Å². The van der Waals surface area contributed by atoms with Crippen LogP contribution in [0, 0.1) is 20.8 Å². The molecule has 0 saturated carbocycles. The first-order valence-corrected chi connectivity index (χ1v) is 47.3. The molecule has 14 heteroatoms. The minimum absolute atomic E-state index is 0.235. The van der Waals surface area contributed by atoms with Crippen molar-refractivity contribution >= 4 is 223 Å². The average Bonchev–Trinajstić information content (AvgIpc) is 1.35. The van der Waals surface area contributed by atoms with Crippen molar-refractivity contribution in [2.24, 2.45) is 0 Å². The van der Waals surface area contributed by atoms with Crippen molar-refractivity contribution in [2.45, 2.75) is 46.5 Å². The third-order valence-electron chi connectivity index (χ3n) is 32.5. The van der Waals surface area contributed by atoms with E-state index in [0.29, 0.717) is 26.9 Å². The van der Waals surface area contributed by atoms with E-state index in [1.54, 1.807) is 21.8 Å². The van der Waals surface area contributed by atoms with E-state index in [1.807, 2.05) is 0 Å². The summed E-state index contributed by atoms with van der Waals surface area (Å²) < 4.78 is 10.1. The van der Waals surface area contributed by atoms with Crippen LogP contribution in [0.4, 0.5) is 5.69 Å². The zero-order valence-corrected chi connectivity index (χ0v) is 69.9. The van der Waals surface area contributed by atoms with Gasteiger partial charge in [0.25, 0.3) is 0 Å². The number of hydrogen-bond donors (Lipinski definition) is 1. The van der Waals surface area contributed by atoms with Crippen molar-refractivity contribution in [3.8, 4) is 22.7 Å². The Morgan fingerprint density at radius 1 is 0.268 bits per heavy atom. The summed E-state index contributed by atoms with van der Waals surface area (Å²) in [6.07, 6.45) is 5.22. The first-order chi connectivity index (χ1) is 60.8. The number of rotatable bonds is 3. The van der Waals surface area contributed by atoms with Crippen molar-refractivity contribution in [2.75, 3.05) is 5.09 Å². The van der Waals surface area contributed by atoms with Crippen molar-refractivity contribution in [3.05, 3.63) is 407 Å². The summed E-state index contributed by atoms with van der Waals surface area (Å²) in [5.74, 6) is 0. The molecule has 1 N–H and O–H groups in total. The molecule has 0 unspecified atom stereocenters. The molecule has 0 radical (unpaired) electrons. The van der Waals surface area contributed by atoms with Gasteiger partial charge in [-0.2, -0.15) is 0 Å². The summed E-state index contributed by atoms with van der Waals surface area (Å²) >= 11 is 0. The van der Waals surface area contributed by atoms with Crippen LogP contribution in [0.2, 0.25) is 0 Å². The van der Waals surface area contributed by atoms with Gasteiger partial charge in [-0.15, -0.1) is 0 Å². The molecule has 123 heavy (non-hydrogen) atoms. The second kappa shape index (κ2) is 24.3. The van der Waals surface area contributed by atoms with Gasteiger partial charge in [0, 0.05) is 65.9 Å². The van der Waals surface area contributed by atoms with Crippen molar-refractivity contribution < 1.29 is 0 Å². The molecule has 21 aromatic rings. The van der Waals surface area contributed by atoms with Gasteiger partial charge in [0.1, 0.15) is 0 Å². The molecular weight excluding hydrogens is 1500 g/mol. The second-order valence-corrected chi connectivity index (χ2v) is 43.3. The van der Waals surface area contributed by atoms with Crippen molar-refractivity contribution in [1.29, 1.82) is 0 Å². The number of benzene rings is 17. The number of anilines is 1. The van der Waals surface area contributed by atoms with Crippen LogP contribution in [0.15, 0.2) is 346 Å². The van der Waals surface area contributed by atoms with Crippen molar-refractivity contribution in [3.63, 3.8) is 0 Å². The molecule has 16 heterocycles. The van der Waals surface area contributed by atoms with Crippen LogP contribution in [0.3, 0.4) is 0 Å². The van der Waals surface area contributed by atoms with Gasteiger partial charge in [-0.25, -0.2) is 0 Å². The van der Waals surface area contributed by atoms with Gasteiger partial charge < -0.3 is 13.7 Å². The predicted octanol–water partition coefficient (Wildman–Crippen LogP) is 14.5. The molecule has 0 aliphatic carbocycles. The molecule has 0 atom stereocenters. The van der Waals surface area contributed by atoms with Gasteiger partial charge in [-0.05, 0) is 143 Å². The number of aromatic nitrogens is 4. The number of nitrogens with one attached hydrogen (secondary N) is 1. The molecule has 4 saturated heterocycles. The summed E-state index contributed by atoms with van der Waals surface area (Å²) in [6.45, 7) is 7.98. The van der Waals surface area contributed by atoms with E-state index in [0.717, 1.165) is 44.3 Å². The number of nitrogens with zero attached hydrogens (tertiary/aromatic N) is 4. The molecular formula is C109H77B8N5P-. The zero-order valence-electron chi connectivity index (χ0n) is 69.0. The fraction of sp³-hybridized carbons (Fsp3) is 0.0642. The topological polar surface area (TPSA) is 31.8 Å². The number of fused-ring (bicyclic) bond motifs is 32. The zero-order chi connectivity index (χ0) is 80.3. The van der Waals surface area contributed by atoms with Crippen LogP contribution in [-0.2, 0) is 25.7 Å². The molecule has 568 valence electrons. The van der Waals surface area contributed by atoms with Gasteiger partial charge in [-0.3, -0.25) is 0 Å². The number of hydrogen-bond acceptors (Lipinski definition) is 1. The molecule has 0 amide bonds. The summed E-state index contributed by atoms with van der Waals surface area (Å²) in [4.78, 5) is 0. The normalized spacial score (nSPS) is 15.7. The van der Waals surface area contributed by atoms with Gasteiger partial charge in [-0.1, -0.05) is 233 Å². The van der Waals surface area contributed by atoms with Crippen LogP contribution < -0.4 is 75.9 Å². The third kappa shape index (κ3) is 8.63. The molecule has 4 aromatic heterocycles. The summed E-state index contributed by atoms with van der Waals surface area (Å²) in [5.41, 5.74) is 51.7. The SMILES string of the molecule is Cc1ccc2c(c1)B1c3ccccc3-n3c4ccccc4c4ccc(c1c43)C2.Cc1ccc2c(c1)Cc1ccc3c4ccccc4n4c3c1B2c1ccccc1-4.Cc1cccc2c1B1c3ccccc3-n3c4ccccc4c4ccc(c1c43)C2.[BH2-]1B2B3B1P23(Nc1ccccc1)c1cccc2c1Cc1ccc3c4ccccc4n4c3c1B2c1ccccc1-4. The third-order valence-corrected chi connectivity index (χ3v) is 41.0. The Morgan fingerprint density at radius 3 is 1.12 bits per heavy atom. The summed E-state index contributed by atoms with van der Waals surface area (Å²) in [7, 11) is 0.235. The summed E-state index contributed by atoms with van der Waals surface area (Å²) in [6, 6.07) is 130. The molecule has 4 fully saturated rings. The fourth-order valence-electron chi connectivity index (χ4n) is 27.6. The molecule has 17 aromatic carbocycles. The molecule has 5 nitrogen and oxygen atoms in total. The maximum absolute atomic E-state index is 4.34. The molecule has 2 bridgehead atoms. The number of para-hydroxylation sites is 9. The monoisotopic (exact) mass is 1570 g/mol. The Labute approximate surface area is 717 Å². The number of aryl methyl sites for hydroxylation is 3. The molecule has 33 rings (SSSR count). The maximum atomic E-state index is 4.34. The van der Waals surface area contributed by atoms with E-state index >= 15 is 0 Å². The molecule has 12 aliphatic heterocycles. The van der Waals surface area contributed by atoms with Crippen LogP contribution in [0.1, 0.15) is 61.2 Å². The van der Waals surface area contributed by atoms with Crippen molar-refractivity contribution in [1.82, 2.24) is 18.3 Å². The van der Waals surface area contributed by atoms with Crippen LogP contribution in [-0.4, -0.2) is 70.8 Å². The Balaban J connectivity index is 0.0000000834. The Bertz CT molecular complexity index is 8410. The Morgan fingerprint density at radius 2 is 0.634 bits per heavy atom. The first kappa shape index (κ1) is 68.3. The van der Waals surface area contributed by atoms with Crippen LogP contribution >= 0.6 is 6.39 Å². The van der Waals surface area contributed by atoms with Gasteiger partial charge in [0.05, 0.1) is 16.6 Å². The van der Waals surface area contributed by atoms with Gasteiger partial charge in [0.2, 0.25) is 20.1 Å². The summed E-state index contributed by atoms with van der Waals surface area (Å²) in [5, 5.41) is 17.1. The Kier molecular flexibility index (Phi) is 13.5. The van der Waals surface area contributed by atoms with Gasteiger partial charge >= 0.3 is 230 Å².